The highest BCUT2D eigenvalue weighted by atomic mass is 28.3. The van der Waals surface area contributed by atoms with Crippen molar-refractivity contribution in [3.8, 4) is 0 Å². The van der Waals surface area contributed by atoms with Crippen LogP contribution in [-0.4, -0.2) is 74.3 Å². The Hall–Kier alpha value is -1.35. The van der Waals surface area contributed by atoms with Crippen molar-refractivity contribution < 1.29 is 27.9 Å². The van der Waals surface area contributed by atoms with E-state index in [0.717, 1.165) is 0 Å². The van der Waals surface area contributed by atoms with Gasteiger partial charge in [0.25, 0.3) is 0 Å². The van der Waals surface area contributed by atoms with Crippen LogP contribution >= 0.6 is 0 Å². The lowest BCUT2D eigenvalue weighted by atomic mass is 9.78. The number of carbonyl (C=O) groups excluding carboxylic acids is 2. The first-order valence-corrected chi connectivity index (χ1v) is 14.7. The summed E-state index contributed by atoms with van der Waals surface area (Å²) in [5, 5.41) is 0. The molecule has 2 amide bonds. The van der Waals surface area contributed by atoms with Crippen LogP contribution in [0, 0.1) is 11.3 Å². The summed E-state index contributed by atoms with van der Waals surface area (Å²) in [6, 6.07) is 0. The fraction of sp³-hybridized carbons (Fsp3) is 0.917. The summed E-state index contributed by atoms with van der Waals surface area (Å²) < 4.78 is 33.0. The zero-order valence-corrected chi connectivity index (χ0v) is 24.0. The van der Waals surface area contributed by atoms with Gasteiger partial charge in [-0.05, 0) is 72.4 Å². The van der Waals surface area contributed by atoms with E-state index in [-0.39, 0.29) is 24.3 Å². The molecule has 1 fully saturated rings. The number of halogens is 1. The van der Waals surface area contributed by atoms with Crippen LogP contribution in [0.25, 0.3) is 0 Å². The Kier molecular flexibility index (Phi) is 9.44. The van der Waals surface area contributed by atoms with Gasteiger partial charge in [-0.1, -0.05) is 20.8 Å². The van der Waals surface area contributed by atoms with Gasteiger partial charge >= 0.3 is 12.2 Å². The summed E-state index contributed by atoms with van der Waals surface area (Å²) in [5.41, 5.74) is -2.54. The number of ether oxygens (including phenoxy) is 2. The molecule has 1 unspecified atom stereocenters. The molecule has 0 spiro atoms. The van der Waals surface area contributed by atoms with Gasteiger partial charge in [0.05, 0.1) is 6.54 Å². The zero-order valence-electron chi connectivity index (χ0n) is 22.9. The van der Waals surface area contributed by atoms with Crippen molar-refractivity contribution in [3.63, 3.8) is 0 Å². The zero-order chi connectivity index (χ0) is 26.0. The fourth-order valence-electron chi connectivity index (χ4n) is 4.00. The number of amides is 2. The van der Waals surface area contributed by atoms with E-state index in [2.05, 4.69) is 20.8 Å². The monoisotopic (exact) mass is 490 g/mol. The summed E-state index contributed by atoms with van der Waals surface area (Å²) in [7, 11) is -0.152. The average Bonchev–Trinajstić information content (AvgIpc) is 2.89. The van der Waals surface area contributed by atoms with Crippen molar-refractivity contribution in [2.24, 2.45) is 11.3 Å². The van der Waals surface area contributed by atoms with Gasteiger partial charge in [0, 0.05) is 20.0 Å². The predicted octanol–water partition coefficient (Wildman–Crippen LogP) is 5.58. The van der Waals surface area contributed by atoms with Crippen molar-refractivity contribution in [2.75, 3.05) is 20.1 Å². The minimum Gasteiger partial charge on any atom is -0.444 e. The maximum Gasteiger partial charge on any atom is 0.412 e. The third-order valence-corrected chi connectivity index (χ3v) is 6.38. The van der Waals surface area contributed by atoms with Crippen LogP contribution in [0.2, 0.25) is 13.1 Å². The second kappa shape index (κ2) is 10.5. The Balaban J connectivity index is 3.20. The van der Waals surface area contributed by atoms with Crippen molar-refractivity contribution >= 4 is 21.2 Å². The Morgan fingerprint density at radius 1 is 1.06 bits per heavy atom. The predicted molar refractivity (Wildman–Crippen MR) is 132 cm³/mol. The summed E-state index contributed by atoms with van der Waals surface area (Å²) in [5.74, 6) is 0.119. The summed E-state index contributed by atoms with van der Waals surface area (Å²) >= 11 is 0. The van der Waals surface area contributed by atoms with Gasteiger partial charge in [-0.2, -0.15) is 0 Å². The molecule has 3 atom stereocenters. The van der Waals surface area contributed by atoms with Crippen LogP contribution in [0.5, 0.6) is 0 Å². The minimum absolute atomic E-state index is 0.0306. The van der Waals surface area contributed by atoms with E-state index in [4.69, 9.17) is 13.9 Å². The maximum atomic E-state index is 15.5. The molecule has 7 nitrogen and oxygen atoms in total. The lowest BCUT2D eigenvalue weighted by molar-refractivity contribution is -0.0853. The largest absolute Gasteiger partial charge is 0.444 e. The van der Waals surface area contributed by atoms with E-state index in [1.807, 2.05) is 33.9 Å². The molecule has 0 aliphatic carbocycles. The maximum absolute atomic E-state index is 15.5. The number of likely N-dealkylation sites (tertiary alicyclic amines) is 1. The molecule has 0 bridgehead atoms. The topological polar surface area (TPSA) is 68.3 Å². The molecular weight excluding hydrogens is 443 g/mol. The molecule has 0 radical (unpaired) electrons. The molecule has 0 aromatic heterocycles. The number of alkyl halides is 1. The highest BCUT2D eigenvalue weighted by Gasteiger charge is 2.54. The Morgan fingerprint density at radius 3 is 2.00 bits per heavy atom. The van der Waals surface area contributed by atoms with Crippen LogP contribution in [0.15, 0.2) is 0 Å². The van der Waals surface area contributed by atoms with Crippen LogP contribution < -0.4 is 0 Å². The van der Waals surface area contributed by atoms with E-state index < -0.39 is 44.3 Å². The van der Waals surface area contributed by atoms with Crippen molar-refractivity contribution in [1.29, 1.82) is 0 Å². The molecule has 1 aliphatic heterocycles. The Labute approximate surface area is 202 Å². The number of hydrogen-bond donors (Lipinski definition) is 0. The molecule has 1 heterocycles. The second-order valence-electron chi connectivity index (χ2n) is 12.6. The van der Waals surface area contributed by atoms with Gasteiger partial charge in [0.1, 0.15) is 23.1 Å². The van der Waals surface area contributed by atoms with Crippen molar-refractivity contribution in [2.45, 2.75) is 111 Å². The van der Waals surface area contributed by atoms with Gasteiger partial charge < -0.3 is 18.8 Å². The average molecular weight is 491 g/mol. The molecule has 1 saturated heterocycles. The first-order chi connectivity index (χ1) is 14.7. The standard InChI is InChI=1S/C24H47FN2O5Si/c1-21(2,3)17-13-24(32-33(11)12,27(15-17)20(29)31-23(7,8)9)14-18(25)16-26(10)19(28)30-22(4,5)6/h17-18,33H,13-16H2,1-12H3/t17-,18?,24+/m0/s1. The van der Waals surface area contributed by atoms with Gasteiger partial charge in [-0.15, -0.1) is 0 Å². The molecule has 0 N–H and O–H groups in total. The van der Waals surface area contributed by atoms with Crippen molar-refractivity contribution in [1.82, 2.24) is 9.80 Å². The van der Waals surface area contributed by atoms with Crippen LogP contribution in [-0.2, 0) is 13.9 Å². The molecule has 0 aromatic carbocycles. The second-order valence-corrected chi connectivity index (χ2v) is 15.0. The number of carbonyl (C=O) groups is 2. The normalized spacial score (nSPS) is 23.0. The first kappa shape index (κ1) is 29.7. The molecule has 1 aliphatic rings. The quantitative estimate of drug-likeness (QED) is 0.455. The Morgan fingerprint density at radius 2 is 1.58 bits per heavy atom. The molecule has 1 rings (SSSR count). The lowest BCUT2D eigenvalue weighted by Crippen LogP contribution is -2.54. The first-order valence-electron chi connectivity index (χ1n) is 11.9. The molecular formula is C24H47FN2O5Si. The van der Waals surface area contributed by atoms with E-state index in [1.54, 1.807) is 25.7 Å². The van der Waals surface area contributed by atoms with Gasteiger partial charge in [-0.25, -0.2) is 14.0 Å². The summed E-state index contributed by atoms with van der Waals surface area (Å²) in [6.45, 7) is 21.4. The van der Waals surface area contributed by atoms with Crippen LogP contribution in [0.1, 0.15) is 75.2 Å². The summed E-state index contributed by atoms with van der Waals surface area (Å²) in [6.07, 6.45) is -1.98. The fourth-order valence-corrected chi connectivity index (χ4v) is 5.20. The molecule has 33 heavy (non-hydrogen) atoms. The molecule has 194 valence electrons. The van der Waals surface area contributed by atoms with E-state index >= 15 is 4.39 Å². The Bertz CT molecular complexity index is 684. The SMILES string of the molecule is CN(CC(F)C[C@]1(O[SiH](C)C)C[C@H](C(C)(C)C)CN1C(=O)OC(C)(C)C)C(=O)OC(C)(C)C. The third kappa shape index (κ3) is 9.43. The van der Waals surface area contributed by atoms with Gasteiger partial charge in [-0.3, -0.25) is 4.90 Å². The summed E-state index contributed by atoms with van der Waals surface area (Å²) in [4.78, 5) is 28.4. The van der Waals surface area contributed by atoms with Crippen LogP contribution in [0.4, 0.5) is 14.0 Å². The lowest BCUT2D eigenvalue weighted by Gasteiger charge is -2.41. The minimum atomic E-state index is -1.67. The molecule has 0 saturated carbocycles. The highest BCUT2D eigenvalue weighted by Crippen LogP contribution is 2.46. The third-order valence-electron chi connectivity index (χ3n) is 5.47. The van der Waals surface area contributed by atoms with E-state index in [1.165, 1.54) is 11.9 Å². The van der Waals surface area contributed by atoms with Gasteiger partial charge in [0.2, 0.25) is 0 Å². The number of hydrogen-bond acceptors (Lipinski definition) is 5. The van der Waals surface area contributed by atoms with Gasteiger partial charge in [0.15, 0.2) is 9.04 Å². The van der Waals surface area contributed by atoms with Crippen molar-refractivity contribution in [3.05, 3.63) is 0 Å². The molecule has 0 aromatic rings. The van der Waals surface area contributed by atoms with Crippen LogP contribution in [0.3, 0.4) is 0 Å². The van der Waals surface area contributed by atoms with E-state index in [0.29, 0.717) is 13.0 Å². The highest BCUT2D eigenvalue weighted by molar-refractivity contribution is 6.48. The smallest absolute Gasteiger partial charge is 0.412 e. The molecule has 9 heteroatoms. The number of nitrogens with zero attached hydrogens (tertiary/aromatic N) is 2. The van der Waals surface area contributed by atoms with E-state index in [9.17, 15) is 9.59 Å². The number of rotatable bonds is 6.